The fourth-order valence-corrected chi connectivity index (χ4v) is 4.39. The van der Waals surface area contributed by atoms with Gasteiger partial charge >= 0.3 is 0 Å². The van der Waals surface area contributed by atoms with Gasteiger partial charge in [-0.3, -0.25) is 0 Å². The summed E-state index contributed by atoms with van der Waals surface area (Å²) in [6.07, 6.45) is 33.7. The van der Waals surface area contributed by atoms with Gasteiger partial charge in [0.15, 0.2) is 0 Å². The molecule has 0 radical (unpaired) electrons. The van der Waals surface area contributed by atoms with Crippen LogP contribution in [0.3, 0.4) is 0 Å². The largest absolute Gasteiger partial charge is 0.340 e. The van der Waals surface area contributed by atoms with Gasteiger partial charge in [-0.1, -0.05) is 140 Å². The summed E-state index contributed by atoms with van der Waals surface area (Å²) in [4.78, 5) is 4.96. The van der Waals surface area contributed by atoms with Crippen molar-refractivity contribution in [2.24, 2.45) is 0 Å². The first kappa shape index (κ1) is 33.0. The monoisotopic (exact) mass is 511 g/mol. The third kappa shape index (κ3) is 27.6. The summed E-state index contributed by atoms with van der Waals surface area (Å²) in [5, 5.41) is 0. The highest BCUT2D eigenvalue weighted by molar-refractivity contribution is 4.90. The zero-order valence-corrected chi connectivity index (χ0v) is 22.9. The van der Waals surface area contributed by atoms with Crippen LogP contribution in [0.1, 0.15) is 148 Å². The van der Waals surface area contributed by atoms with Crippen molar-refractivity contribution in [3.8, 4) is 12.0 Å². The maximum Gasteiger partial charge on any atom is 0.139 e. The Bertz CT molecular complexity index is 448. The maximum absolute atomic E-state index is 4.96. The SMILES string of the molecule is C1#CONNNNNNNNNCCCCCCCCCCCCCCCCCCCCCCCC1. The molecule has 9 N–H and O–H groups in total. The average molecular weight is 512 g/mol. The first-order valence-electron chi connectivity index (χ1n) is 14.9. The molecule has 0 saturated carbocycles. The van der Waals surface area contributed by atoms with Crippen molar-refractivity contribution in [3.05, 3.63) is 0 Å². The molecule has 0 saturated heterocycles. The van der Waals surface area contributed by atoms with Gasteiger partial charge in [0.1, 0.15) is 6.11 Å². The highest BCUT2D eigenvalue weighted by Gasteiger charge is 1.96. The van der Waals surface area contributed by atoms with E-state index in [1.165, 1.54) is 135 Å². The molecule has 10 heteroatoms. The Kier molecular flexibility index (Phi) is 27.7. The van der Waals surface area contributed by atoms with E-state index in [1.54, 1.807) is 0 Å². The van der Waals surface area contributed by atoms with Crippen molar-refractivity contribution >= 4 is 0 Å². The highest BCUT2D eigenvalue weighted by Crippen LogP contribution is 2.15. The average Bonchev–Trinajstić information content (AvgIpc) is 2.89. The van der Waals surface area contributed by atoms with Crippen LogP contribution in [0.25, 0.3) is 0 Å². The van der Waals surface area contributed by atoms with Gasteiger partial charge in [-0.25, -0.2) is 5.43 Å². The quantitative estimate of drug-likeness (QED) is 0.215. The Balaban J connectivity index is 2.04. The summed E-state index contributed by atoms with van der Waals surface area (Å²) < 4.78 is 0. The van der Waals surface area contributed by atoms with Crippen molar-refractivity contribution in [1.29, 1.82) is 0 Å². The normalized spacial score (nSPS) is 22.9. The van der Waals surface area contributed by atoms with Gasteiger partial charge in [-0.15, -0.1) is 5.53 Å². The molecule has 1 heterocycles. The summed E-state index contributed by atoms with van der Waals surface area (Å²) in [7, 11) is 0. The molecule has 0 aliphatic carbocycles. The molecular weight excluding hydrogens is 454 g/mol. The van der Waals surface area contributed by atoms with E-state index in [0.717, 1.165) is 19.4 Å². The van der Waals surface area contributed by atoms with Gasteiger partial charge in [0.25, 0.3) is 0 Å². The van der Waals surface area contributed by atoms with E-state index < -0.39 is 0 Å². The molecule has 1 aliphatic heterocycles. The minimum Gasteiger partial charge on any atom is -0.340 e. The Morgan fingerprint density at radius 1 is 0.361 bits per heavy atom. The number of hydrogen-bond acceptors (Lipinski definition) is 10. The maximum atomic E-state index is 4.96. The highest BCUT2D eigenvalue weighted by atomic mass is 16.7. The fourth-order valence-electron chi connectivity index (χ4n) is 4.39. The second kappa shape index (κ2) is 30.2. The van der Waals surface area contributed by atoms with Crippen molar-refractivity contribution in [1.82, 2.24) is 49.8 Å². The van der Waals surface area contributed by atoms with E-state index in [-0.39, 0.29) is 0 Å². The molecule has 212 valence electrons. The molecule has 0 amide bonds. The molecule has 0 spiro atoms. The van der Waals surface area contributed by atoms with Crippen LogP contribution in [0.5, 0.6) is 0 Å². The smallest absolute Gasteiger partial charge is 0.139 e. The van der Waals surface area contributed by atoms with Crippen molar-refractivity contribution in [2.75, 3.05) is 6.54 Å². The van der Waals surface area contributed by atoms with Crippen LogP contribution in [0.2, 0.25) is 0 Å². The van der Waals surface area contributed by atoms with Gasteiger partial charge in [0.05, 0.1) is 0 Å². The Morgan fingerprint density at radius 3 is 1.19 bits per heavy atom. The lowest BCUT2D eigenvalue weighted by molar-refractivity contribution is 0.0798. The predicted molar refractivity (Wildman–Crippen MR) is 148 cm³/mol. The summed E-state index contributed by atoms with van der Waals surface area (Å²) >= 11 is 0. The van der Waals surface area contributed by atoms with Crippen LogP contribution in [0, 0.1) is 12.0 Å². The predicted octanol–water partition coefficient (Wildman–Crippen LogP) is 4.49. The number of hydrogen-bond donors (Lipinski definition) is 9. The van der Waals surface area contributed by atoms with E-state index >= 15 is 0 Å². The van der Waals surface area contributed by atoms with Crippen LogP contribution < -0.4 is 49.8 Å². The molecule has 0 fully saturated rings. The summed E-state index contributed by atoms with van der Waals surface area (Å²) in [6, 6.07) is 0. The van der Waals surface area contributed by atoms with Crippen LogP contribution in [-0.2, 0) is 4.84 Å². The molecule has 1 rings (SSSR count). The zero-order chi connectivity index (χ0) is 25.5. The molecule has 0 unspecified atom stereocenters. The Hall–Kier alpha value is -1.00. The molecule has 0 bridgehead atoms. The van der Waals surface area contributed by atoms with Gasteiger partial charge in [-0.2, -0.15) is 33.2 Å². The summed E-state index contributed by atoms with van der Waals surface area (Å²) in [5.41, 5.74) is 24.4. The molecular formula is C26H57N9O. The van der Waals surface area contributed by atoms with Crippen LogP contribution in [-0.4, -0.2) is 6.54 Å². The summed E-state index contributed by atoms with van der Waals surface area (Å²) in [6.45, 7) is 0.921. The second-order valence-corrected chi connectivity index (χ2v) is 9.81. The van der Waals surface area contributed by atoms with Crippen molar-refractivity contribution in [2.45, 2.75) is 148 Å². The molecule has 0 aromatic carbocycles. The number of nitrogens with one attached hydrogen (secondary N) is 9. The minimum absolute atomic E-state index is 0.867. The Morgan fingerprint density at radius 2 is 0.722 bits per heavy atom. The standard InChI is InChI=1S/C26H57N9O/c1-2-4-6-8-10-12-14-16-18-20-22-24-26-36-35-34-33-32-31-30-29-28-27-25-23-21-19-17-15-13-11-9-7-5-3-1/h27-35H,1-23,25H2. The lowest BCUT2D eigenvalue weighted by Gasteiger charge is -2.12. The van der Waals surface area contributed by atoms with Crippen LogP contribution in [0.4, 0.5) is 0 Å². The molecule has 36 heavy (non-hydrogen) atoms. The minimum atomic E-state index is 0.867. The van der Waals surface area contributed by atoms with Crippen LogP contribution >= 0.6 is 0 Å². The molecule has 0 aromatic heterocycles. The van der Waals surface area contributed by atoms with E-state index in [9.17, 15) is 0 Å². The lowest BCUT2D eigenvalue weighted by atomic mass is 10.0. The second-order valence-electron chi connectivity index (χ2n) is 9.81. The molecule has 0 aromatic rings. The Labute approximate surface area is 221 Å². The van der Waals surface area contributed by atoms with E-state index in [0.29, 0.717) is 0 Å². The van der Waals surface area contributed by atoms with Crippen molar-refractivity contribution < 1.29 is 4.84 Å². The third-order valence-corrected chi connectivity index (χ3v) is 6.54. The van der Waals surface area contributed by atoms with Crippen LogP contribution in [0.15, 0.2) is 0 Å². The van der Waals surface area contributed by atoms with Gasteiger partial charge in [0.2, 0.25) is 0 Å². The third-order valence-electron chi connectivity index (χ3n) is 6.54. The number of rotatable bonds is 0. The lowest BCUT2D eigenvalue weighted by Crippen LogP contribution is -2.64. The number of hydrazine groups is 8. The first-order chi connectivity index (χ1) is 18.0. The van der Waals surface area contributed by atoms with E-state index in [2.05, 4.69) is 61.8 Å². The topological polar surface area (TPSA) is 118 Å². The fraction of sp³-hybridized carbons (Fsp3) is 0.923. The first-order valence-corrected chi connectivity index (χ1v) is 14.9. The zero-order valence-electron chi connectivity index (χ0n) is 22.9. The van der Waals surface area contributed by atoms with Gasteiger partial charge in [-0.05, 0) is 12.8 Å². The van der Waals surface area contributed by atoms with E-state index in [4.69, 9.17) is 4.84 Å². The molecule has 0 atom stereocenters. The van der Waals surface area contributed by atoms with Gasteiger partial charge in [0, 0.05) is 13.0 Å². The van der Waals surface area contributed by atoms with E-state index in [1.807, 2.05) is 0 Å². The summed E-state index contributed by atoms with van der Waals surface area (Å²) in [5.74, 6) is 3.01. The van der Waals surface area contributed by atoms with Crippen molar-refractivity contribution in [3.63, 3.8) is 0 Å². The molecule has 1 aliphatic rings. The molecule has 10 nitrogen and oxygen atoms in total. The van der Waals surface area contributed by atoms with Gasteiger partial charge < -0.3 is 4.84 Å².